The molecule has 0 spiro atoms. The zero-order valence-electron chi connectivity index (χ0n) is 21.6. The maximum atomic E-state index is 13.9. The highest BCUT2D eigenvalue weighted by Gasteiger charge is 2.18. The second-order valence-electron chi connectivity index (χ2n) is 8.67. The van der Waals surface area contributed by atoms with Crippen LogP contribution in [-0.2, 0) is 27.3 Å². The minimum atomic E-state index is -1.01. The first-order valence-corrected chi connectivity index (χ1v) is 12.8. The number of carbonyl (C=O) groups is 2. The summed E-state index contributed by atoms with van der Waals surface area (Å²) in [5.74, 6) is -1.88. The van der Waals surface area contributed by atoms with Crippen molar-refractivity contribution in [3.05, 3.63) is 65.2 Å². The SMILES string of the molecule is CCCCCCCN(CCOc1ccc(CC(OCC)C(=O)O)cc1)C(=O)OCc1ccc(F)cc1F. The number of ether oxygens (including phenoxy) is 3. The predicted octanol–water partition coefficient (Wildman–Crippen LogP) is 5.99. The van der Waals surface area contributed by atoms with Gasteiger partial charge in [-0.2, -0.15) is 0 Å². The summed E-state index contributed by atoms with van der Waals surface area (Å²) in [7, 11) is 0. The van der Waals surface area contributed by atoms with Crippen LogP contribution >= 0.6 is 0 Å². The fourth-order valence-electron chi connectivity index (χ4n) is 3.70. The van der Waals surface area contributed by atoms with Crippen LogP contribution in [0.3, 0.4) is 0 Å². The number of unbranched alkanes of at least 4 members (excludes halogenated alkanes) is 4. The van der Waals surface area contributed by atoms with E-state index >= 15 is 0 Å². The van der Waals surface area contributed by atoms with Crippen molar-refractivity contribution >= 4 is 12.1 Å². The Balaban J connectivity index is 1.89. The minimum Gasteiger partial charge on any atom is -0.492 e. The molecule has 1 N–H and O–H groups in total. The third-order valence-electron chi connectivity index (χ3n) is 5.77. The second kappa shape index (κ2) is 16.5. The van der Waals surface area contributed by atoms with E-state index in [-0.39, 0.29) is 31.7 Å². The number of nitrogens with zero attached hydrogens (tertiary/aromatic N) is 1. The van der Waals surface area contributed by atoms with Gasteiger partial charge in [0, 0.05) is 31.2 Å². The number of hydrogen-bond acceptors (Lipinski definition) is 5. The Morgan fingerprint density at radius 1 is 0.973 bits per heavy atom. The van der Waals surface area contributed by atoms with Gasteiger partial charge in [-0.25, -0.2) is 18.4 Å². The van der Waals surface area contributed by atoms with Crippen molar-refractivity contribution in [2.24, 2.45) is 0 Å². The molecule has 0 saturated heterocycles. The van der Waals surface area contributed by atoms with E-state index in [2.05, 4.69) is 6.92 Å². The van der Waals surface area contributed by atoms with Crippen molar-refractivity contribution in [1.29, 1.82) is 0 Å². The van der Waals surface area contributed by atoms with E-state index < -0.39 is 29.8 Å². The predicted molar refractivity (Wildman–Crippen MR) is 136 cm³/mol. The number of carbonyl (C=O) groups excluding carboxylic acids is 1. The average Bonchev–Trinajstić information content (AvgIpc) is 2.87. The fraction of sp³-hybridized carbons (Fsp3) is 0.500. The van der Waals surface area contributed by atoms with Crippen LogP contribution in [0.1, 0.15) is 57.1 Å². The van der Waals surface area contributed by atoms with Crippen molar-refractivity contribution in [2.45, 2.75) is 65.1 Å². The van der Waals surface area contributed by atoms with Crippen LogP contribution in [0.25, 0.3) is 0 Å². The molecule has 0 bridgehead atoms. The normalized spacial score (nSPS) is 11.7. The highest BCUT2D eigenvalue weighted by atomic mass is 19.1. The molecule has 7 nitrogen and oxygen atoms in total. The molecular weight excluding hydrogens is 484 g/mol. The van der Waals surface area contributed by atoms with E-state index in [9.17, 15) is 23.5 Å². The smallest absolute Gasteiger partial charge is 0.410 e. The van der Waals surface area contributed by atoms with Gasteiger partial charge in [0.2, 0.25) is 0 Å². The van der Waals surface area contributed by atoms with Crippen molar-refractivity contribution in [3.63, 3.8) is 0 Å². The van der Waals surface area contributed by atoms with Crippen LogP contribution < -0.4 is 4.74 Å². The van der Waals surface area contributed by atoms with Gasteiger partial charge in [0.15, 0.2) is 6.10 Å². The van der Waals surface area contributed by atoms with E-state index in [1.807, 2.05) is 0 Å². The summed E-state index contributed by atoms with van der Waals surface area (Å²) in [5, 5.41) is 9.24. The molecular formula is C28H37F2NO6. The molecule has 1 amide bonds. The highest BCUT2D eigenvalue weighted by Crippen LogP contribution is 2.16. The first kappa shape index (κ1) is 30.0. The summed E-state index contributed by atoms with van der Waals surface area (Å²) in [6.45, 7) is 4.86. The lowest BCUT2D eigenvalue weighted by Gasteiger charge is -2.22. The number of halogens is 2. The summed E-state index contributed by atoms with van der Waals surface area (Å²) < 4.78 is 43.3. The van der Waals surface area contributed by atoms with Crippen LogP contribution in [-0.4, -0.2) is 54.5 Å². The van der Waals surface area contributed by atoms with Gasteiger partial charge in [-0.3, -0.25) is 0 Å². The molecule has 0 radical (unpaired) electrons. The van der Waals surface area contributed by atoms with E-state index in [1.54, 1.807) is 31.2 Å². The van der Waals surface area contributed by atoms with Crippen molar-refractivity contribution < 1.29 is 37.7 Å². The third-order valence-corrected chi connectivity index (χ3v) is 5.77. The maximum Gasteiger partial charge on any atom is 0.410 e. The summed E-state index contributed by atoms with van der Waals surface area (Å²) >= 11 is 0. The molecule has 1 atom stereocenters. The van der Waals surface area contributed by atoms with Gasteiger partial charge in [-0.15, -0.1) is 0 Å². The second-order valence-corrected chi connectivity index (χ2v) is 8.67. The molecule has 2 aromatic rings. The number of aliphatic carboxylic acids is 1. The molecule has 2 rings (SSSR count). The summed E-state index contributed by atoms with van der Waals surface area (Å²) in [4.78, 5) is 25.5. The van der Waals surface area contributed by atoms with Gasteiger partial charge in [0.1, 0.15) is 30.6 Å². The summed E-state index contributed by atoms with van der Waals surface area (Å²) in [6.07, 6.45) is 3.86. The van der Waals surface area contributed by atoms with Crippen molar-refractivity contribution in [2.75, 3.05) is 26.3 Å². The van der Waals surface area contributed by atoms with E-state index in [0.29, 0.717) is 18.9 Å². The van der Waals surface area contributed by atoms with Crippen LogP contribution in [0, 0.1) is 11.6 Å². The van der Waals surface area contributed by atoms with Gasteiger partial charge in [-0.05, 0) is 43.2 Å². The van der Waals surface area contributed by atoms with Gasteiger partial charge >= 0.3 is 12.1 Å². The molecule has 2 aromatic carbocycles. The van der Waals surface area contributed by atoms with E-state index in [0.717, 1.165) is 49.8 Å². The van der Waals surface area contributed by atoms with Gasteiger partial charge in [0.05, 0.1) is 6.54 Å². The maximum absolute atomic E-state index is 13.9. The molecule has 37 heavy (non-hydrogen) atoms. The average molecular weight is 522 g/mol. The molecule has 9 heteroatoms. The molecule has 0 aliphatic rings. The summed E-state index contributed by atoms with van der Waals surface area (Å²) in [6, 6.07) is 10.2. The Morgan fingerprint density at radius 2 is 1.70 bits per heavy atom. The molecule has 0 heterocycles. The highest BCUT2D eigenvalue weighted by molar-refractivity contribution is 5.72. The Hall–Kier alpha value is -3.20. The molecule has 0 aromatic heterocycles. The number of amides is 1. The number of carboxylic acids is 1. The number of rotatable bonds is 17. The standard InChI is InChI=1S/C28H37F2NO6/c1-3-5-6-7-8-15-31(28(34)37-20-22-11-12-23(29)19-25(22)30)16-17-36-24-13-9-21(10-14-24)18-26(27(32)33)35-4-2/h9-14,19,26H,3-8,15-18,20H2,1-2H3,(H,32,33). The molecule has 204 valence electrons. The van der Waals surface area contributed by atoms with E-state index in [1.165, 1.54) is 11.0 Å². The van der Waals surface area contributed by atoms with Crippen LogP contribution in [0.5, 0.6) is 5.75 Å². The van der Waals surface area contributed by atoms with Crippen LogP contribution in [0.15, 0.2) is 42.5 Å². The van der Waals surface area contributed by atoms with Gasteiger partial charge in [-0.1, -0.05) is 44.7 Å². The van der Waals surface area contributed by atoms with Crippen LogP contribution in [0.4, 0.5) is 13.6 Å². The topological polar surface area (TPSA) is 85.3 Å². The monoisotopic (exact) mass is 521 g/mol. The van der Waals surface area contributed by atoms with Crippen molar-refractivity contribution in [3.8, 4) is 5.75 Å². The molecule has 0 aliphatic heterocycles. The molecule has 1 unspecified atom stereocenters. The quantitative estimate of drug-likeness (QED) is 0.258. The van der Waals surface area contributed by atoms with Crippen molar-refractivity contribution in [1.82, 2.24) is 4.90 Å². The number of hydrogen-bond donors (Lipinski definition) is 1. The molecule has 0 aliphatic carbocycles. The zero-order chi connectivity index (χ0) is 27.0. The lowest BCUT2D eigenvalue weighted by Crippen LogP contribution is -2.36. The lowest BCUT2D eigenvalue weighted by atomic mass is 10.1. The lowest BCUT2D eigenvalue weighted by molar-refractivity contribution is -0.149. The van der Waals surface area contributed by atoms with Gasteiger partial charge < -0.3 is 24.2 Å². The van der Waals surface area contributed by atoms with Crippen LogP contribution in [0.2, 0.25) is 0 Å². The Kier molecular flexibility index (Phi) is 13.4. The number of carboxylic acid groups (broad SMARTS) is 1. The first-order valence-electron chi connectivity index (χ1n) is 12.8. The summed E-state index contributed by atoms with van der Waals surface area (Å²) in [5.41, 5.74) is 0.905. The van der Waals surface area contributed by atoms with Gasteiger partial charge in [0.25, 0.3) is 0 Å². The fourth-order valence-corrected chi connectivity index (χ4v) is 3.70. The Morgan fingerprint density at radius 3 is 2.35 bits per heavy atom. The largest absolute Gasteiger partial charge is 0.492 e. The molecule has 0 fully saturated rings. The Bertz CT molecular complexity index is 970. The Labute approximate surface area is 217 Å². The first-order chi connectivity index (χ1) is 17.8. The minimum absolute atomic E-state index is 0.100. The number of benzene rings is 2. The molecule has 0 saturated carbocycles. The zero-order valence-corrected chi connectivity index (χ0v) is 21.6. The van der Waals surface area contributed by atoms with E-state index in [4.69, 9.17) is 14.2 Å². The third kappa shape index (κ3) is 11.2.